The van der Waals surface area contributed by atoms with Crippen molar-refractivity contribution in [3.63, 3.8) is 0 Å². The summed E-state index contributed by atoms with van der Waals surface area (Å²) in [5.74, 6) is -0.138. The predicted octanol–water partition coefficient (Wildman–Crippen LogP) is 2.98. The molecule has 1 heterocycles. The Morgan fingerprint density at radius 3 is 2.88 bits per heavy atom. The van der Waals surface area contributed by atoms with Crippen LogP contribution >= 0.6 is 28.3 Å². The van der Waals surface area contributed by atoms with Gasteiger partial charge in [-0.3, -0.25) is 0 Å². The fraction of sp³-hybridized carbons (Fsp3) is 0.455. The molecule has 0 aliphatic carbocycles. The smallest absolute Gasteiger partial charge is 0.131 e. The van der Waals surface area contributed by atoms with E-state index in [0.29, 0.717) is 24.3 Å². The second kappa shape index (κ2) is 5.96. The first-order valence-electron chi connectivity index (χ1n) is 4.95. The summed E-state index contributed by atoms with van der Waals surface area (Å²) < 4.78 is 20.1. The van der Waals surface area contributed by atoms with Crippen molar-refractivity contribution in [2.45, 2.75) is 13.0 Å². The molecule has 0 radical (unpaired) electrons. The van der Waals surface area contributed by atoms with E-state index < -0.39 is 0 Å². The average molecular weight is 311 g/mol. The Labute approximate surface area is 109 Å². The second-order valence-electron chi connectivity index (χ2n) is 3.71. The Morgan fingerprint density at radius 1 is 1.50 bits per heavy atom. The largest absolute Gasteiger partial charge is 0.378 e. The molecule has 1 fully saturated rings. The van der Waals surface area contributed by atoms with E-state index in [0.717, 1.165) is 11.0 Å². The van der Waals surface area contributed by atoms with E-state index in [-0.39, 0.29) is 24.3 Å². The van der Waals surface area contributed by atoms with E-state index in [1.54, 1.807) is 13.0 Å². The minimum absolute atomic E-state index is 0. The normalized spacial score (nSPS) is 20.3. The van der Waals surface area contributed by atoms with Crippen LogP contribution in [0.15, 0.2) is 16.6 Å². The van der Waals surface area contributed by atoms with Crippen molar-refractivity contribution in [2.75, 3.05) is 19.8 Å². The zero-order chi connectivity index (χ0) is 10.8. The number of rotatable bonds is 1. The lowest BCUT2D eigenvalue weighted by Gasteiger charge is -2.25. The first-order chi connectivity index (χ1) is 7.18. The number of hydrogen-bond donors (Lipinski definition) is 1. The number of aryl methyl sites for hydroxylation is 1. The average Bonchev–Trinajstić information content (AvgIpc) is 2.24. The minimum atomic E-state index is -0.138. The van der Waals surface area contributed by atoms with Crippen LogP contribution in [0.4, 0.5) is 4.39 Å². The second-order valence-corrected chi connectivity index (χ2v) is 4.62. The molecule has 1 N–H and O–H groups in total. The van der Waals surface area contributed by atoms with Gasteiger partial charge in [0, 0.05) is 16.6 Å². The van der Waals surface area contributed by atoms with Crippen LogP contribution in [0.3, 0.4) is 0 Å². The maximum absolute atomic E-state index is 13.8. The Bertz CT molecular complexity index is 369. The number of ether oxygens (including phenoxy) is 1. The Kier molecular flexibility index (Phi) is 5.18. The van der Waals surface area contributed by atoms with E-state index in [9.17, 15) is 4.39 Å². The molecule has 1 aromatic carbocycles. The van der Waals surface area contributed by atoms with Crippen molar-refractivity contribution in [1.82, 2.24) is 5.32 Å². The third kappa shape index (κ3) is 2.94. The van der Waals surface area contributed by atoms with Crippen LogP contribution in [-0.2, 0) is 4.74 Å². The quantitative estimate of drug-likeness (QED) is 0.861. The molecule has 1 aliphatic heterocycles. The van der Waals surface area contributed by atoms with Gasteiger partial charge in [-0.15, -0.1) is 12.4 Å². The molecule has 16 heavy (non-hydrogen) atoms. The number of halogens is 3. The summed E-state index contributed by atoms with van der Waals surface area (Å²) in [6, 6.07) is 3.56. The van der Waals surface area contributed by atoms with Gasteiger partial charge in [-0.1, -0.05) is 15.9 Å². The highest BCUT2D eigenvalue weighted by Crippen LogP contribution is 2.25. The summed E-state index contributed by atoms with van der Waals surface area (Å²) in [7, 11) is 0. The molecule has 1 saturated heterocycles. The molecular formula is C11H14BrClFNO. The topological polar surface area (TPSA) is 21.3 Å². The van der Waals surface area contributed by atoms with Gasteiger partial charge in [0.15, 0.2) is 0 Å². The number of morpholine rings is 1. The fourth-order valence-corrected chi connectivity index (χ4v) is 2.36. The summed E-state index contributed by atoms with van der Waals surface area (Å²) in [6.45, 7) is 3.78. The van der Waals surface area contributed by atoms with Crippen LogP contribution in [0.2, 0.25) is 0 Å². The van der Waals surface area contributed by atoms with Crippen LogP contribution in [0.25, 0.3) is 0 Å². The van der Waals surface area contributed by atoms with Gasteiger partial charge in [-0.05, 0) is 24.6 Å². The monoisotopic (exact) mass is 309 g/mol. The molecule has 5 heteroatoms. The zero-order valence-electron chi connectivity index (χ0n) is 8.93. The van der Waals surface area contributed by atoms with Crippen molar-refractivity contribution in [2.24, 2.45) is 0 Å². The standard InChI is InChI=1S/C11H13BrFNO.ClH/c1-7-4-8(12)5-9(11(7)13)10-6-15-3-2-14-10;/h4-5,10,14H,2-3,6H2,1H3;1H/t10-;/m0./s1. The highest BCUT2D eigenvalue weighted by Gasteiger charge is 2.20. The van der Waals surface area contributed by atoms with E-state index in [4.69, 9.17) is 4.74 Å². The third-order valence-corrected chi connectivity index (χ3v) is 3.00. The highest BCUT2D eigenvalue weighted by molar-refractivity contribution is 9.10. The van der Waals surface area contributed by atoms with E-state index in [1.807, 2.05) is 6.07 Å². The fourth-order valence-electron chi connectivity index (χ4n) is 1.77. The molecule has 90 valence electrons. The van der Waals surface area contributed by atoms with Crippen LogP contribution in [-0.4, -0.2) is 19.8 Å². The summed E-state index contributed by atoms with van der Waals surface area (Å²) in [4.78, 5) is 0. The lowest BCUT2D eigenvalue weighted by molar-refractivity contribution is 0.0757. The molecule has 0 spiro atoms. The van der Waals surface area contributed by atoms with Gasteiger partial charge >= 0.3 is 0 Å². The lowest BCUT2D eigenvalue weighted by atomic mass is 10.0. The molecule has 0 unspecified atom stereocenters. The number of nitrogens with one attached hydrogen (secondary N) is 1. The lowest BCUT2D eigenvalue weighted by Crippen LogP contribution is -2.35. The first-order valence-corrected chi connectivity index (χ1v) is 5.74. The molecule has 1 aromatic rings. The van der Waals surface area contributed by atoms with E-state index in [1.165, 1.54) is 0 Å². The third-order valence-electron chi connectivity index (χ3n) is 2.54. The molecule has 1 aliphatic rings. The summed E-state index contributed by atoms with van der Waals surface area (Å²) in [6.07, 6.45) is 0. The number of hydrogen-bond acceptors (Lipinski definition) is 2. The van der Waals surface area contributed by atoms with Gasteiger partial charge in [0.25, 0.3) is 0 Å². The molecule has 0 saturated carbocycles. The first kappa shape index (κ1) is 13.9. The molecule has 2 rings (SSSR count). The van der Waals surface area contributed by atoms with Crippen LogP contribution in [0, 0.1) is 12.7 Å². The Hall–Kier alpha value is -0.160. The van der Waals surface area contributed by atoms with Crippen molar-refractivity contribution in [1.29, 1.82) is 0 Å². The number of benzene rings is 1. The molecule has 0 amide bonds. The van der Waals surface area contributed by atoms with Gasteiger partial charge in [0.05, 0.1) is 19.3 Å². The Balaban J connectivity index is 0.00000128. The maximum Gasteiger partial charge on any atom is 0.131 e. The Morgan fingerprint density at radius 2 is 2.25 bits per heavy atom. The van der Waals surface area contributed by atoms with Crippen LogP contribution in [0.1, 0.15) is 17.2 Å². The summed E-state index contributed by atoms with van der Waals surface area (Å²) >= 11 is 3.38. The van der Waals surface area contributed by atoms with Crippen molar-refractivity contribution in [3.8, 4) is 0 Å². The summed E-state index contributed by atoms with van der Waals surface area (Å²) in [5.41, 5.74) is 1.34. The molecule has 0 bridgehead atoms. The molecule has 2 nitrogen and oxygen atoms in total. The summed E-state index contributed by atoms with van der Waals surface area (Å²) in [5, 5.41) is 3.24. The SMILES string of the molecule is Cc1cc(Br)cc([C@@H]2COCCN2)c1F.Cl. The maximum atomic E-state index is 13.8. The van der Waals surface area contributed by atoms with Gasteiger partial charge in [0.2, 0.25) is 0 Å². The predicted molar refractivity (Wildman–Crippen MR) is 67.6 cm³/mol. The van der Waals surface area contributed by atoms with Gasteiger partial charge in [-0.25, -0.2) is 4.39 Å². The highest BCUT2D eigenvalue weighted by atomic mass is 79.9. The van der Waals surface area contributed by atoms with Gasteiger partial charge in [-0.2, -0.15) is 0 Å². The van der Waals surface area contributed by atoms with Crippen LogP contribution in [0.5, 0.6) is 0 Å². The van der Waals surface area contributed by atoms with Crippen LogP contribution < -0.4 is 5.32 Å². The zero-order valence-corrected chi connectivity index (χ0v) is 11.3. The van der Waals surface area contributed by atoms with E-state index in [2.05, 4.69) is 21.2 Å². The minimum Gasteiger partial charge on any atom is -0.378 e. The van der Waals surface area contributed by atoms with Crippen molar-refractivity contribution in [3.05, 3.63) is 33.5 Å². The van der Waals surface area contributed by atoms with E-state index >= 15 is 0 Å². The van der Waals surface area contributed by atoms with Crippen molar-refractivity contribution >= 4 is 28.3 Å². The van der Waals surface area contributed by atoms with Gasteiger partial charge < -0.3 is 10.1 Å². The molecule has 1 atom stereocenters. The molecular weight excluding hydrogens is 296 g/mol. The van der Waals surface area contributed by atoms with Crippen molar-refractivity contribution < 1.29 is 9.13 Å². The van der Waals surface area contributed by atoms with Gasteiger partial charge in [0.1, 0.15) is 5.82 Å². The molecule has 0 aromatic heterocycles.